The molecule has 13 aliphatic carbocycles. The molecule has 0 aromatic carbocycles. The number of alkyl halides is 8. The van der Waals surface area contributed by atoms with E-state index in [4.69, 9.17) is 23.7 Å². The van der Waals surface area contributed by atoms with E-state index in [0.717, 1.165) is 44.9 Å². The second-order valence-electron chi connectivity index (χ2n) is 24.2. The summed E-state index contributed by atoms with van der Waals surface area (Å²) < 4.78 is 148. The third-order valence-corrected chi connectivity index (χ3v) is 20.9. The zero-order chi connectivity index (χ0) is 43.8. The highest BCUT2D eigenvalue weighted by Crippen LogP contribution is 2.72. The Bertz CT molecular complexity index is 1690. The summed E-state index contributed by atoms with van der Waals surface area (Å²) in [6, 6.07) is 0. The lowest BCUT2D eigenvalue weighted by Gasteiger charge is -2.65. The number of halogens is 8. The number of esters is 1. The van der Waals surface area contributed by atoms with E-state index >= 15 is 0 Å². The zero-order valence-electron chi connectivity index (χ0n) is 36.0. The lowest BCUT2D eigenvalue weighted by Crippen LogP contribution is -2.66. The molecule has 63 heavy (non-hydrogen) atoms. The van der Waals surface area contributed by atoms with Gasteiger partial charge in [0, 0.05) is 48.3 Å². The van der Waals surface area contributed by atoms with Gasteiger partial charge in [0.25, 0.3) is 0 Å². The van der Waals surface area contributed by atoms with E-state index in [9.17, 15) is 44.7 Å². The molecule has 4 unspecified atom stereocenters. The average Bonchev–Trinajstić information content (AvgIpc) is 3.38. The molecular formula is C48H62F8O7. The van der Waals surface area contributed by atoms with Crippen molar-refractivity contribution >= 4 is 11.8 Å². The van der Waals surface area contributed by atoms with Crippen LogP contribution in [0.5, 0.6) is 0 Å². The summed E-state index contributed by atoms with van der Waals surface area (Å²) in [7, 11) is 0. The molecule has 15 fully saturated rings. The average molecular weight is 903 g/mol. The van der Waals surface area contributed by atoms with Crippen LogP contribution < -0.4 is 0 Å². The summed E-state index contributed by atoms with van der Waals surface area (Å²) in [4.78, 5) is 29.4. The van der Waals surface area contributed by atoms with Crippen molar-refractivity contribution in [1.82, 2.24) is 0 Å². The van der Waals surface area contributed by atoms with Crippen LogP contribution in [0.15, 0.2) is 0 Å². The Labute approximate surface area is 363 Å². The van der Waals surface area contributed by atoms with Gasteiger partial charge in [-0.3, -0.25) is 9.59 Å². The highest BCUT2D eigenvalue weighted by Gasteiger charge is 2.72. The van der Waals surface area contributed by atoms with Gasteiger partial charge in [-0.2, -0.15) is 35.1 Å². The lowest BCUT2D eigenvalue weighted by molar-refractivity contribution is -0.384. The molecule has 3 spiro atoms. The quantitative estimate of drug-likeness (QED) is 0.186. The predicted molar refractivity (Wildman–Crippen MR) is 207 cm³/mol. The SMILES string of the molecule is O=C(CCC1(COC(=O)C23CC4CC(C2)C2(OCC(F)(F)C(F)(F)CO2)C(C4)C3)COC2(OC1)C1CC3CC(C1)CC2C3)C12CC3CC(C1)C1(CCC(F)(F)C(F)(F)CC1)C(C3)C2. The molecule has 0 N–H and O–H groups in total. The maximum atomic E-state index is 14.8. The molecule has 352 valence electrons. The summed E-state index contributed by atoms with van der Waals surface area (Å²) in [5, 5.41) is 0. The van der Waals surface area contributed by atoms with Crippen LogP contribution in [-0.4, -0.2) is 80.1 Å². The smallest absolute Gasteiger partial charge is 0.335 e. The van der Waals surface area contributed by atoms with Crippen molar-refractivity contribution in [1.29, 1.82) is 0 Å². The molecule has 2 saturated heterocycles. The monoisotopic (exact) mass is 902 g/mol. The topological polar surface area (TPSA) is 80.3 Å². The van der Waals surface area contributed by atoms with Crippen LogP contribution in [0, 0.1) is 80.8 Å². The minimum Gasteiger partial charge on any atom is -0.464 e. The normalized spacial score (nSPS) is 50.5. The van der Waals surface area contributed by atoms with Crippen LogP contribution >= 0.6 is 0 Å². The van der Waals surface area contributed by atoms with Gasteiger partial charge in [0.1, 0.15) is 25.6 Å². The molecule has 7 nitrogen and oxygen atoms in total. The van der Waals surface area contributed by atoms with Gasteiger partial charge in [0.05, 0.1) is 24.0 Å². The number of carbonyl (C=O) groups excluding carboxylic acids is 2. The standard InChI is InChI=1S/C48H62F8O7/c49-43(50)5-3-42(4-6-44(43,51)52)33-12-29-13-34(42)19-40(16-29,18-33)37(57)1-2-39(23-60-47(61-24-39)31-8-27-7-28(10-31)11-32(47)9-27)22-59-38(58)41-17-30-14-35(20-41)48(36(15-30)21-41)62-25-45(53,54)46(55,56)26-63-48/h27-36H,1-26H2. The Kier molecular flexibility index (Phi) is 9.20. The molecule has 0 aromatic heterocycles. The molecule has 0 amide bonds. The largest absolute Gasteiger partial charge is 0.464 e. The molecule has 2 aliphatic heterocycles. The fraction of sp³-hybridized carbons (Fsp3) is 0.958. The summed E-state index contributed by atoms with van der Waals surface area (Å²) in [6.07, 6.45) is 9.90. The lowest BCUT2D eigenvalue weighted by atomic mass is 9.39. The van der Waals surface area contributed by atoms with Crippen LogP contribution in [0.1, 0.15) is 135 Å². The molecular weight excluding hydrogens is 841 g/mol. The third kappa shape index (κ3) is 6.06. The highest BCUT2D eigenvalue weighted by molar-refractivity contribution is 5.85. The Morgan fingerprint density at radius 2 is 0.889 bits per heavy atom. The first-order chi connectivity index (χ1) is 29.6. The molecule has 15 heteroatoms. The van der Waals surface area contributed by atoms with Crippen LogP contribution in [0.3, 0.4) is 0 Å². The maximum absolute atomic E-state index is 14.8. The first-order valence-corrected chi connectivity index (χ1v) is 24.4. The Morgan fingerprint density at radius 3 is 1.41 bits per heavy atom. The number of Topliss-reactive ketones (excluding diaryl/α,β-unsaturated/α-hetero) is 1. The van der Waals surface area contributed by atoms with Gasteiger partial charge in [-0.15, -0.1) is 0 Å². The predicted octanol–water partition coefficient (Wildman–Crippen LogP) is 10.6. The van der Waals surface area contributed by atoms with Gasteiger partial charge in [-0.25, -0.2) is 0 Å². The van der Waals surface area contributed by atoms with Gasteiger partial charge in [0.2, 0.25) is 0 Å². The van der Waals surface area contributed by atoms with E-state index in [0.29, 0.717) is 50.4 Å². The van der Waals surface area contributed by atoms with E-state index in [-0.39, 0.29) is 93.2 Å². The number of carbonyl (C=O) groups is 2. The van der Waals surface area contributed by atoms with Crippen molar-refractivity contribution in [3.63, 3.8) is 0 Å². The number of ketones is 1. The number of hydrogen-bond acceptors (Lipinski definition) is 7. The Hall–Kier alpha value is -1.58. The first-order valence-electron chi connectivity index (χ1n) is 24.4. The van der Waals surface area contributed by atoms with Gasteiger partial charge in [0.15, 0.2) is 11.6 Å². The van der Waals surface area contributed by atoms with Gasteiger partial charge < -0.3 is 23.7 Å². The maximum Gasteiger partial charge on any atom is 0.335 e. The molecule has 2 heterocycles. The Balaban J connectivity index is 0.770. The van der Waals surface area contributed by atoms with E-state index in [1.807, 2.05) is 0 Å². The molecule has 0 aromatic rings. The molecule has 0 radical (unpaired) electrons. The minimum absolute atomic E-state index is 0.0494. The molecule has 13 saturated carbocycles. The van der Waals surface area contributed by atoms with Crippen molar-refractivity contribution in [3.8, 4) is 0 Å². The van der Waals surface area contributed by atoms with Gasteiger partial charge in [-0.05, 0) is 156 Å². The van der Waals surface area contributed by atoms with Crippen molar-refractivity contribution < 1.29 is 68.4 Å². The minimum atomic E-state index is -4.38. The summed E-state index contributed by atoms with van der Waals surface area (Å²) in [5.74, 6) is -18.4. The zero-order valence-corrected chi connectivity index (χ0v) is 36.0. The van der Waals surface area contributed by atoms with Crippen molar-refractivity contribution in [2.24, 2.45) is 80.8 Å². The second kappa shape index (κ2) is 13.6. The van der Waals surface area contributed by atoms with Crippen molar-refractivity contribution in [3.05, 3.63) is 0 Å². The fourth-order valence-electron chi connectivity index (χ4n) is 18.2. The number of hydrogen-bond donors (Lipinski definition) is 0. The van der Waals surface area contributed by atoms with Crippen LogP contribution in [0.25, 0.3) is 0 Å². The molecule has 15 aliphatic rings. The summed E-state index contributed by atoms with van der Waals surface area (Å²) in [5.41, 5.74) is -3.04. The molecule has 12 bridgehead atoms. The molecule has 4 atom stereocenters. The van der Waals surface area contributed by atoms with Gasteiger partial charge in [-0.1, -0.05) is 0 Å². The van der Waals surface area contributed by atoms with Crippen LogP contribution in [0.2, 0.25) is 0 Å². The van der Waals surface area contributed by atoms with Crippen LogP contribution in [0.4, 0.5) is 35.1 Å². The van der Waals surface area contributed by atoms with Crippen molar-refractivity contribution in [2.45, 2.75) is 170 Å². The Morgan fingerprint density at radius 1 is 0.460 bits per heavy atom. The highest BCUT2D eigenvalue weighted by atomic mass is 19.3. The van der Waals surface area contributed by atoms with E-state index in [1.165, 1.54) is 6.42 Å². The van der Waals surface area contributed by atoms with E-state index in [2.05, 4.69) is 0 Å². The summed E-state index contributed by atoms with van der Waals surface area (Å²) in [6.45, 7) is -2.47. The fourth-order valence-corrected chi connectivity index (χ4v) is 18.2. The van der Waals surface area contributed by atoms with Crippen LogP contribution in [-0.2, 0) is 33.3 Å². The third-order valence-electron chi connectivity index (χ3n) is 20.9. The first kappa shape index (κ1) is 42.8. The molecule has 15 rings (SSSR count). The number of rotatable bonds is 7. The summed E-state index contributed by atoms with van der Waals surface area (Å²) >= 11 is 0. The number of ether oxygens (including phenoxy) is 5. The van der Waals surface area contributed by atoms with E-state index in [1.54, 1.807) is 0 Å². The van der Waals surface area contributed by atoms with E-state index < -0.39 is 101 Å². The van der Waals surface area contributed by atoms with Gasteiger partial charge >= 0.3 is 29.7 Å². The van der Waals surface area contributed by atoms with Crippen molar-refractivity contribution in [2.75, 3.05) is 33.0 Å². The second-order valence-corrected chi connectivity index (χ2v) is 24.2.